The first-order valence-corrected chi connectivity index (χ1v) is 2.92. The molecule has 0 aliphatic heterocycles. The molecule has 0 saturated heterocycles. The second-order valence-corrected chi connectivity index (χ2v) is 2.05. The van der Waals surface area contributed by atoms with Gasteiger partial charge < -0.3 is 15.9 Å². The zero-order valence-electron chi connectivity index (χ0n) is 5.41. The molecular weight excluding hydrogens is 130 g/mol. The third-order valence-corrected chi connectivity index (χ3v) is 1.27. The van der Waals surface area contributed by atoms with Crippen molar-refractivity contribution in [2.75, 3.05) is 5.73 Å². The van der Waals surface area contributed by atoms with E-state index in [1.54, 1.807) is 6.07 Å². The Labute approximate surface area is 58.7 Å². The number of phenols is 1. The van der Waals surface area contributed by atoms with E-state index in [2.05, 4.69) is 0 Å². The third kappa shape index (κ3) is 1.19. The molecule has 1 rings (SSSR count). The fourth-order valence-electron chi connectivity index (χ4n) is 0.702. The van der Waals surface area contributed by atoms with Crippen molar-refractivity contribution >= 4 is 5.69 Å². The van der Waals surface area contributed by atoms with Gasteiger partial charge in [-0.15, -0.1) is 0 Å². The molecule has 0 fully saturated rings. The first-order valence-electron chi connectivity index (χ1n) is 2.92. The summed E-state index contributed by atoms with van der Waals surface area (Å²) in [6.07, 6.45) is 0. The number of benzene rings is 1. The Kier molecular flexibility index (Phi) is 1.78. The quantitative estimate of drug-likeness (QED) is 0.391. The molecule has 0 bridgehead atoms. The van der Waals surface area contributed by atoms with Crippen LogP contribution < -0.4 is 5.73 Å². The summed E-state index contributed by atoms with van der Waals surface area (Å²) in [6, 6.07) is 4.61. The lowest BCUT2D eigenvalue weighted by Gasteiger charge is -1.99. The molecule has 0 saturated carbocycles. The Morgan fingerprint density at radius 2 is 2.10 bits per heavy atom. The summed E-state index contributed by atoms with van der Waals surface area (Å²) in [5, 5.41) is 17.5. The standard InChI is InChI=1S/C7H9NO2/c8-6-3-5(4-9)1-2-7(6)10/h1-3,9-10H,4,8H2. The highest BCUT2D eigenvalue weighted by molar-refractivity contribution is 5.53. The fourth-order valence-corrected chi connectivity index (χ4v) is 0.702. The van der Waals surface area contributed by atoms with Gasteiger partial charge in [0.2, 0.25) is 0 Å². The molecule has 0 heterocycles. The van der Waals surface area contributed by atoms with Crippen molar-refractivity contribution in [3.63, 3.8) is 0 Å². The van der Waals surface area contributed by atoms with Crippen molar-refractivity contribution in [3.8, 4) is 5.75 Å². The zero-order chi connectivity index (χ0) is 7.56. The van der Waals surface area contributed by atoms with Crippen LogP contribution in [0.25, 0.3) is 0 Å². The predicted octanol–water partition coefficient (Wildman–Crippen LogP) is 0.467. The summed E-state index contributed by atoms with van der Waals surface area (Å²) in [7, 11) is 0. The van der Waals surface area contributed by atoms with Crippen LogP contribution >= 0.6 is 0 Å². The Morgan fingerprint density at radius 1 is 1.40 bits per heavy atom. The Hall–Kier alpha value is -1.22. The lowest BCUT2D eigenvalue weighted by atomic mass is 10.2. The molecule has 0 radical (unpaired) electrons. The lowest BCUT2D eigenvalue weighted by Crippen LogP contribution is -1.88. The van der Waals surface area contributed by atoms with Crippen LogP contribution in [0.1, 0.15) is 5.56 Å². The van der Waals surface area contributed by atoms with E-state index in [0.29, 0.717) is 11.3 Å². The number of nitrogens with two attached hydrogens (primary N) is 1. The van der Waals surface area contributed by atoms with Crippen LogP contribution in [0.3, 0.4) is 0 Å². The van der Waals surface area contributed by atoms with Gasteiger partial charge in [-0.25, -0.2) is 0 Å². The van der Waals surface area contributed by atoms with Gasteiger partial charge in [-0.2, -0.15) is 0 Å². The number of anilines is 1. The van der Waals surface area contributed by atoms with Crippen LogP contribution in [-0.2, 0) is 6.61 Å². The Balaban J connectivity index is 3.04. The largest absolute Gasteiger partial charge is 0.506 e. The molecule has 1 aromatic carbocycles. The fraction of sp³-hybridized carbons (Fsp3) is 0.143. The molecule has 3 nitrogen and oxygen atoms in total. The molecule has 0 aromatic heterocycles. The normalized spacial score (nSPS) is 9.70. The molecule has 3 heteroatoms. The number of nitrogen functional groups attached to an aromatic ring is 1. The molecule has 0 atom stereocenters. The summed E-state index contributed by atoms with van der Waals surface area (Å²) in [4.78, 5) is 0. The van der Waals surface area contributed by atoms with Crippen molar-refractivity contribution in [1.29, 1.82) is 0 Å². The van der Waals surface area contributed by atoms with Gasteiger partial charge in [-0.3, -0.25) is 0 Å². The van der Waals surface area contributed by atoms with E-state index in [4.69, 9.17) is 15.9 Å². The van der Waals surface area contributed by atoms with E-state index >= 15 is 0 Å². The third-order valence-electron chi connectivity index (χ3n) is 1.27. The van der Waals surface area contributed by atoms with Gasteiger partial charge in [0.15, 0.2) is 0 Å². The average molecular weight is 139 g/mol. The van der Waals surface area contributed by atoms with E-state index in [9.17, 15) is 0 Å². The van der Waals surface area contributed by atoms with Crippen molar-refractivity contribution in [1.82, 2.24) is 0 Å². The van der Waals surface area contributed by atoms with Gasteiger partial charge in [0.1, 0.15) is 5.75 Å². The predicted molar refractivity (Wildman–Crippen MR) is 38.4 cm³/mol. The van der Waals surface area contributed by atoms with Crippen molar-refractivity contribution in [2.45, 2.75) is 6.61 Å². The van der Waals surface area contributed by atoms with Crippen molar-refractivity contribution in [3.05, 3.63) is 23.8 Å². The summed E-state index contributed by atoms with van der Waals surface area (Å²) in [5.41, 5.74) is 6.34. The van der Waals surface area contributed by atoms with Gasteiger partial charge in [-0.05, 0) is 17.7 Å². The smallest absolute Gasteiger partial charge is 0.138 e. The minimum Gasteiger partial charge on any atom is -0.506 e. The van der Waals surface area contributed by atoms with Crippen LogP contribution in [0.15, 0.2) is 18.2 Å². The topological polar surface area (TPSA) is 66.5 Å². The SMILES string of the molecule is Nc1cc(CO)ccc1O. The number of hydrogen-bond acceptors (Lipinski definition) is 3. The maximum absolute atomic E-state index is 8.93. The first-order chi connectivity index (χ1) is 4.74. The molecular formula is C7H9NO2. The zero-order valence-corrected chi connectivity index (χ0v) is 5.41. The molecule has 1 aromatic rings. The number of aromatic hydroxyl groups is 1. The molecule has 10 heavy (non-hydrogen) atoms. The number of aliphatic hydroxyl groups is 1. The molecule has 0 aliphatic carbocycles. The summed E-state index contributed by atoms with van der Waals surface area (Å²) in [6.45, 7) is -0.0511. The molecule has 54 valence electrons. The first kappa shape index (κ1) is 6.89. The van der Waals surface area contributed by atoms with Gasteiger partial charge >= 0.3 is 0 Å². The van der Waals surface area contributed by atoms with Crippen LogP contribution in [0, 0.1) is 0 Å². The molecule has 4 N–H and O–H groups in total. The molecule has 0 aliphatic rings. The highest BCUT2D eigenvalue weighted by Gasteiger charge is 1.95. The minimum absolute atomic E-state index is 0.0511. The maximum atomic E-state index is 8.93. The van der Waals surface area contributed by atoms with E-state index in [1.807, 2.05) is 0 Å². The van der Waals surface area contributed by atoms with Crippen LogP contribution in [0.5, 0.6) is 5.75 Å². The Bertz CT molecular complexity index is 235. The summed E-state index contributed by atoms with van der Waals surface area (Å²) >= 11 is 0. The number of hydrogen-bond donors (Lipinski definition) is 3. The molecule has 0 spiro atoms. The van der Waals surface area contributed by atoms with Crippen molar-refractivity contribution < 1.29 is 10.2 Å². The van der Waals surface area contributed by atoms with E-state index in [1.165, 1.54) is 12.1 Å². The molecule has 0 unspecified atom stereocenters. The number of aliphatic hydroxyl groups excluding tert-OH is 1. The monoisotopic (exact) mass is 139 g/mol. The average Bonchev–Trinajstić information content (AvgIpc) is 1.95. The maximum Gasteiger partial charge on any atom is 0.138 e. The van der Waals surface area contributed by atoms with Gasteiger partial charge in [-0.1, -0.05) is 6.07 Å². The number of rotatable bonds is 1. The van der Waals surface area contributed by atoms with Crippen molar-refractivity contribution in [2.24, 2.45) is 0 Å². The minimum atomic E-state index is -0.0511. The summed E-state index contributed by atoms with van der Waals surface area (Å²) in [5.74, 6) is 0.0530. The Morgan fingerprint density at radius 3 is 2.60 bits per heavy atom. The van der Waals surface area contributed by atoms with Crippen LogP contribution in [0.2, 0.25) is 0 Å². The summed E-state index contributed by atoms with van der Waals surface area (Å²) < 4.78 is 0. The highest BCUT2D eigenvalue weighted by Crippen LogP contribution is 2.19. The van der Waals surface area contributed by atoms with Gasteiger partial charge in [0.05, 0.1) is 12.3 Å². The lowest BCUT2D eigenvalue weighted by molar-refractivity contribution is 0.282. The van der Waals surface area contributed by atoms with E-state index < -0.39 is 0 Å². The van der Waals surface area contributed by atoms with Gasteiger partial charge in [0.25, 0.3) is 0 Å². The highest BCUT2D eigenvalue weighted by atomic mass is 16.3. The molecule has 0 amide bonds. The second-order valence-electron chi connectivity index (χ2n) is 2.05. The van der Waals surface area contributed by atoms with Crippen LogP contribution in [0.4, 0.5) is 5.69 Å². The van der Waals surface area contributed by atoms with Gasteiger partial charge in [0, 0.05) is 0 Å². The van der Waals surface area contributed by atoms with E-state index in [-0.39, 0.29) is 12.4 Å². The second kappa shape index (κ2) is 2.58. The van der Waals surface area contributed by atoms with E-state index in [0.717, 1.165) is 0 Å². The van der Waals surface area contributed by atoms with Crippen LogP contribution in [-0.4, -0.2) is 10.2 Å². The number of phenolic OH excluding ortho intramolecular Hbond substituents is 1.